The van der Waals surface area contributed by atoms with E-state index in [1.165, 1.54) is 24.3 Å². The molecule has 6 atom stereocenters. The van der Waals surface area contributed by atoms with Gasteiger partial charge in [-0.3, -0.25) is 9.59 Å². The lowest BCUT2D eigenvalue weighted by Crippen LogP contribution is -2.49. The van der Waals surface area contributed by atoms with Crippen molar-refractivity contribution in [2.75, 3.05) is 20.4 Å². The maximum absolute atomic E-state index is 14.0. The second kappa shape index (κ2) is 16.1. The van der Waals surface area contributed by atoms with Crippen LogP contribution in [0.4, 0.5) is 31.5 Å². The standard InChI is InChI=1S/2C21H22FN3O/c2*1-4-19-13(2)21(24-17-8-5-15(12-23)6-9-17)18-11-16(22)7-10-20(18)25(19)14(3)26/h2*5-11,13,19,21,24H,4H2,1-3H3/t2*13-,19-,21+/m10/s1. The molecule has 0 saturated heterocycles. The van der Waals surface area contributed by atoms with Crippen LogP contribution in [0.3, 0.4) is 0 Å². The molecule has 4 aromatic rings. The minimum atomic E-state index is -0.318. The smallest absolute Gasteiger partial charge is 0.224 e. The number of nitrogens with zero attached hydrogens (tertiary/aromatic N) is 4. The Bertz CT molecular complexity index is 1860. The summed E-state index contributed by atoms with van der Waals surface area (Å²) in [5.41, 5.74) is 5.98. The highest BCUT2D eigenvalue weighted by molar-refractivity contribution is 5.94. The van der Waals surface area contributed by atoms with Crippen molar-refractivity contribution in [2.24, 2.45) is 11.8 Å². The predicted molar refractivity (Wildman–Crippen MR) is 201 cm³/mol. The van der Waals surface area contributed by atoms with Crippen LogP contribution in [-0.4, -0.2) is 23.9 Å². The van der Waals surface area contributed by atoms with Crippen molar-refractivity contribution in [3.05, 3.63) is 119 Å². The molecule has 0 radical (unpaired) electrons. The van der Waals surface area contributed by atoms with Crippen molar-refractivity contribution in [3.8, 4) is 12.1 Å². The Labute approximate surface area is 304 Å². The van der Waals surface area contributed by atoms with Gasteiger partial charge in [0, 0.05) is 71.6 Å². The van der Waals surface area contributed by atoms with Crippen molar-refractivity contribution in [3.63, 3.8) is 0 Å². The van der Waals surface area contributed by atoms with E-state index in [2.05, 4.69) is 50.5 Å². The number of carbonyl (C=O) groups excluding carboxylic acids is 2. The zero-order chi connectivity index (χ0) is 37.7. The normalized spacial score (nSPS) is 21.7. The highest BCUT2D eigenvalue weighted by Gasteiger charge is 2.41. The van der Waals surface area contributed by atoms with Gasteiger partial charge >= 0.3 is 0 Å². The molecule has 0 aliphatic carbocycles. The Morgan fingerprint density at radius 2 is 0.981 bits per heavy atom. The molecule has 10 heteroatoms. The molecule has 0 spiro atoms. The Morgan fingerprint density at radius 3 is 1.27 bits per heavy atom. The molecule has 268 valence electrons. The number of rotatable bonds is 6. The van der Waals surface area contributed by atoms with Crippen molar-refractivity contribution < 1.29 is 18.4 Å². The van der Waals surface area contributed by atoms with Crippen LogP contribution >= 0.6 is 0 Å². The third-order valence-corrected chi connectivity index (χ3v) is 10.3. The van der Waals surface area contributed by atoms with Crippen LogP contribution in [0.15, 0.2) is 84.9 Å². The summed E-state index contributed by atoms with van der Waals surface area (Å²) in [6.45, 7) is 11.4. The molecule has 2 heterocycles. The second-order valence-corrected chi connectivity index (χ2v) is 13.5. The number of halogens is 2. The van der Waals surface area contributed by atoms with Gasteiger partial charge in [0.05, 0.1) is 35.3 Å². The largest absolute Gasteiger partial charge is 0.378 e. The molecule has 0 bridgehead atoms. The number of hydrogen-bond acceptors (Lipinski definition) is 6. The first-order valence-corrected chi connectivity index (χ1v) is 17.6. The first-order chi connectivity index (χ1) is 24.9. The van der Waals surface area contributed by atoms with Crippen molar-refractivity contribution >= 4 is 34.6 Å². The molecule has 0 fully saturated rings. The Morgan fingerprint density at radius 1 is 0.635 bits per heavy atom. The fourth-order valence-corrected chi connectivity index (χ4v) is 7.80. The number of carbonyl (C=O) groups is 2. The van der Waals surface area contributed by atoms with Crippen molar-refractivity contribution in [1.29, 1.82) is 10.5 Å². The van der Waals surface area contributed by atoms with E-state index in [0.717, 1.165) is 46.7 Å². The second-order valence-electron chi connectivity index (χ2n) is 13.5. The fraction of sp³-hybridized carbons (Fsp3) is 0.333. The first-order valence-electron chi connectivity index (χ1n) is 17.6. The molecule has 0 aromatic heterocycles. The molecule has 4 aromatic carbocycles. The molecule has 6 rings (SSSR count). The Kier molecular flexibility index (Phi) is 11.6. The van der Waals surface area contributed by atoms with E-state index >= 15 is 0 Å². The SMILES string of the molecule is CC[C@@H]1[C@@H](C)[C@H](Nc2ccc(C#N)cc2)c2cc(F)ccc2N1C(C)=O.CC[C@H]1[C@H](C)[C@@H](Nc2ccc(C#N)cc2)c2cc(F)ccc2N1C(C)=O. The van der Waals surface area contributed by atoms with Gasteiger partial charge in [-0.25, -0.2) is 8.78 Å². The lowest BCUT2D eigenvalue weighted by Gasteiger charge is -2.45. The Balaban J connectivity index is 0.000000201. The summed E-state index contributed by atoms with van der Waals surface area (Å²) in [5.74, 6) is -0.522. The average molecular weight is 703 g/mol. The summed E-state index contributed by atoms with van der Waals surface area (Å²) < 4.78 is 27.9. The molecule has 2 aliphatic heterocycles. The van der Waals surface area contributed by atoms with Crippen LogP contribution in [0, 0.1) is 46.1 Å². The summed E-state index contributed by atoms with van der Waals surface area (Å²) in [4.78, 5) is 28.1. The number of fused-ring (bicyclic) bond motifs is 2. The lowest BCUT2D eigenvalue weighted by molar-refractivity contribution is -0.118. The summed E-state index contributed by atoms with van der Waals surface area (Å²) in [5, 5.41) is 24.9. The molecular formula is C42H44F2N6O2. The van der Waals surface area contributed by atoms with E-state index in [4.69, 9.17) is 10.5 Å². The maximum Gasteiger partial charge on any atom is 0.224 e. The summed E-state index contributed by atoms with van der Waals surface area (Å²) in [6.07, 6.45) is 1.62. The monoisotopic (exact) mass is 702 g/mol. The molecular weight excluding hydrogens is 658 g/mol. The third-order valence-electron chi connectivity index (χ3n) is 10.3. The zero-order valence-corrected chi connectivity index (χ0v) is 30.3. The number of nitrogens with one attached hydrogen (secondary N) is 2. The van der Waals surface area contributed by atoms with Gasteiger partial charge in [0.1, 0.15) is 11.6 Å². The molecule has 52 heavy (non-hydrogen) atoms. The number of benzene rings is 4. The van der Waals surface area contributed by atoms with Crippen LogP contribution in [0.25, 0.3) is 0 Å². The molecule has 0 unspecified atom stereocenters. The molecule has 8 nitrogen and oxygen atoms in total. The number of amides is 2. The van der Waals surface area contributed by atoms with Crippen LogP contribution in [0.2, 0.25) is 0 Å². The highest BCUT2D eigenvalue weighted by atomic mass is 19.1. The van der Waals surface area contributed by atoms with Crippen LogP contribution in [0.5, 0.6) is 0 Å². The molecule has 2 aliphatic rings. The number of nitriles is 2. The Hall–Kier alpha value is -5.74. The van der Waals surface area contributed by atoms with Crippen molar-refractivity contribution in [1.82, 2.24) is 0 Å². The fourth-order valence-electron chi connectivity index (χ4n) is 7.80. The van der Waals surface area contributed by atoms with Gasteiger partial charge in [-0.15, -0.1) is 0 Å². The van der Waals surface area contributed by atoms with Crippen LogP contribution < -0.4 is 20.4 Å². The molecule has 2 N–H and O–H groups in total. The molecule has 2 amide bonds. The van der Waals surface area contributed by atoms with Crippen LogP contribution in [0.1, 0.15) is 88.7 Å². The number of anilines is 4. The summed E-state index contributed by atoms with van der Waals surface area (Å²) in [6, 6.07) is 27.6. The predicted octanol–water partition coefficient (Wildman–Crippen LogP) is 9.26. The van der Waals surface area contributed by atoms with E-state index in [-0.39, 0.29) is 59.5 Å². The number of hydrogen-bond donors (Lipinski definition) is 2. The average Bonchev–Trinajstić information content (AvgIpc) is 3.14. The van der Waals surface area contributed by atoms with Gasteiger partial charge in [0.2, 0.25) is 11.8 Å². The minimum Gasteiger partial charge on any atom is -0.378 e. The lowest BCUT2D eigenvalue weighted by atomic mass is 9.80. The van der Waals surface area contributed by atoms with E-state index < -0.39 is 0 Å². The van der Waals surface area contributed by atoms with Crippen LogP contribution in [-0.2, 0) is 9.59 Å². The topological polar surface area (TPSA) is 112 Å². The summed E-state index contributed by atoms with van der Waals surface area (Å²) in [7, 11) is 0. The van der Waals surface area contributed by atoms with Gasteiger partial charge in [-0.05, 0) is 97.8 Å². The van der Waals surface area contributed by atoms with E-state index in [1.54, 1.807) is 60.0 Å². The highest BCUT2D eigenvalue weighted by Crippen LogP contribution is 2.45. The maximum atomic E-state index is 14.0. The zero-order valence-electron chi connectivity index (χ0n) is 30.3. The van der Waals surface area contributed by atoms with Crippen molar-refractivity contribution in [2.45, 2.75) is 78.6 Å². The van der Waals surface area contributed by atoms with Gasteiger partial charge in [-0.2, -0.15) is 10.5 Å². The summed E-state index contributed by atoms with van der Waals surface area (Å²) >= 11 is 0. The quantitative estimate of drug-likeness (QED) is 0.207. The van der Waals surface area contributed by atoms with Gasteiger partial charge in [0.15, 0.2) is 0 Å². The minimum absolute atomic E-state index is 0.0290. The van der Waals surface area contributed by atoms with Gasteiger partial charge in [-0.1, -0.05) is 27.7 Å². The van der Waals surface area contributed by atoms with Gasteiger partial charge < -0.3 is 20.4 Å². The first kappa shape index (κ1) is 37.5. The third kappa shape index (κ3) is 7.62. The van der Waals surface area contributed by atoms with E-state index in [1.807, 2.05) is 24.3 Å². The van der Waals surface area contributed by atoms with E-state index in [9.17, 15) is 18.4 Å². The molecule has 0 saturated carbocycles. The van der Waals surface area contributed by atoms with Gasteiger partial charge in [0.25, 0.3) is 0 Å². The van der Waals surface area contributed by atoms with E-state index in [0.29, 0.717) is 11.1 Å².